The second kappa shape index (κ2) is 8.83. The number of halogens is 3. The Labute approximate surface area is 197 Å². The first-order chi connectivity index (χ1) is 15.2. The summed E-state index contributed by atoms with van der Waals surface area (Å²) in [4.78, 5) is 3.89. The molecule has 9 nitrogen and oxygen atoms in total. The van der Waals surface area contributed by atoms with E-state index in [0.717, 1.165) is 0 Å². The Hall–Kier alpha value is -3.05. The highest BCUT2D eigenvalue weighted by Gasteiger charge is 2.19. The van der Waals surface area contributed by atoms with Crippen molar-refractivity contribution in [2.75, 3.05) is 10.5 Å². The van der Waals surface area contributed by atoms with Crippen LogP contribution in [0.2, 0.25) is 15.1 Å². The number of aromatic nitrogens is 3. The number of anilines is 2. The Bertz CT molecular complexity index is 1410. The van der Waals surface area contributed by atoms with Crippen LogP contribution in [0.5, 0.6) is 11.5 Å². The molecule has 3 N–H and O–H groups in total. The third-order valence-electron chi connectivity index (χ3n) is 4.01. The van der Waals surface area contributed by atoms with Gasteiger partial charge in [-0.3, -0.25) is 9.71 Å². The van der Waals surface area contributed by atoms with Crippen molar-refractivity contribution in [3.8, 4) is 23.0 Å². The summed E-state index contributed by atoms with van der Waals surface area (Å²) in [7, 11) is -3.98. The molecule has 13 heteroatoms. The number of hydrogen-bond acceptors (Lipinski definition) is 8. The van der Waals surface area contributed by atoms with E-state index in [1.165, 1.54) is 48.8 Å². The van der Waals surface area contributed by atoms with E-state index >= 15 is 0 Å². The second-order valence-corrected chi connectivity index (χ2v) is 9.21. The molecule has 0 aliphatic rings. The van der Waals surface area contributed by atoms with Crippen molar-refractivity contribution in [1.29, 1.82) is 0 Å². The van der Waals surface area contributed by atoms with E-state index in [0.29, 0.717) is 10.8 Å². The van der Waals surface area contributed by atoms with Gasteiger partial charge in [-0.05, 0) is 36.4 Å². The number of nitrogen functional groups attached to an aromatic ring is 1. The molecular formula is C19H12Cl3N5O4S. The van der Waals surface area contributed by atoms with Crippen LogP contribution in [0.4, 0.5) is 11.7 Å². The molecule has 0 saturated carbocycles. The monoisotopic (exact) mass is 511 g/mol. The Balaban J connectivity index is 1.71. The lowest BCUT2D eigenvalue weighted by atomic mass is 10.2. The van der Waals surface area contributed by atoms with Gasteiger partial charge in [0.2, 0.25) is 0 Å². The Morgan fingerprint density at radius 1 is 0.969 bits per heavy atom. The predicted molar refractivity (Wildman–Crippen MR) is 121 cm³/mol. The first-order valence-corrected chi connectivity index (χ1v) is 11.3. The van der Waals surface area contributed by atoms with Crippen LogP contribution in [-0.2, 0) is 10.0 Å². The molecule has 0 atom stereocenters. The first-order valence-electron chi connectivity index (χ1n) is 8.71. The van der Waals surface area contributed by atoms with Crippen LogP contribution >= 0.6 is 34.8 Å². The van der Waals surface area contributed by atoms with Crippen LogP contribution in [-0.4, -0.2) is 23.6 Å². The van der Waals surface area contributed by atoms with Crippen molar-refractivity contribution in [3.63, 3.8) is 0 Å². The van der Waals surface area contributed by atoms with Crippen molar-refractivity contribution in [2.45, 2.75) is 4.90 Å². The summed E-state index contributed by atoms with van der Waals surface area (Å²) in [5.41, 5.74) is 6.01. The van der Waals surface area contributed by atoms with Crippen molar-refractivity contribution >= 4 is 56.5 Å². The van der Waals surface area contributed by atoms with E-state index in [1.54, 1.807) is 6.07 Å². The average Bonchev–Trinajstić information content (AvgIpc) is 3.17. The molecule has 0 spiro atoms. The summed E-state index contributed by atoms with van der Waals surface area (Å²) in [6.07, 6.45) is 2.91. The smallest absolute Gasteiger partial charge is 0.313 e. The van der Waals surface area contributed by atoms with Crippen molar-refractivity contribution in [1.82, 2.24) is 15.2 Å². The standard InChI is InChI=1S/C19H12Cl3N5O4S/c20-10-5-12(9-24-8-10)30-17-4-1-11(6-14(17)18-25-26-19(23)31-18)27-32(28,29)13-2-3-15(21)16(22)7-13/h1-9,27H,(H2,23,26). The van der Waals surface area contributed by atoms with Crippen LogP contribution in [0.1, 0.15) is 0 Å². The highest BCUT2D eigenvalue weighted by Crippen LogP contribution is 2.36. The van der Waals surface area contributed by atoms with Gasteiger partial charge in [-0.25, -0.2) is 8.42 Å². The fraction of sp³-hybridized carbons (Fsp3) is 0. The molecular weight excluding hydrogens is 501 g/mol. The van der Waals surface area contributed by atoms with Gasteiger partial charge in [0, 0.05) is 18.0 Å². The number of benzene rings is 2. The van der Waals surface area contributed by atoms with Crippen LogP contribution in [0.15, 0.2) is 64.2 Å². The molecule has 0 saturated heterocycles. The molecule has 0 aliphatic heterocycles. The molecule has 2 aromatic heterocycles. The number of nitrogens with two attached hydrogens (primary N) is 1. The molecule has 0 aliphatic carbocycles. The highest BCUT2D eigenvalue weighted by molar-refractivity contribution is 7.92. The molecule has 0 bridgehead atoms. The van der Waals surface area contributed by atoms with Gasteiger partial charge in [0.15, 0.2) is 0 Å². The Kier molecular flexibility index (Phi) is 6.11. The van der Waals surface area contributed by atoms with E-state index in [4.69, 9.17) is 49.7 Å². The minimum atomic E-state index is -3.98. The highest BCUT2D eigenvalue weighted by atomic mass is 35.5. The Morgan fingerprint density at radius 2 is 1.78 bits per heavy atom. The van der Waals surface area contributed by atoms with Crippen LogP contribution in [0.25, 0.3) is 11.5 Å². The Morgan fingerprint density at radius 3 is 2.47 bits per heavy atom. The van der Waals surface area contributed by atoms with Gasteiger partial charge < -0.3 is 14.9 Å². The van der Waals surface area contributed by atoms with Crippen molar-refractivity contribution in [3.05, 3.63) is 69.9 Å². The van der Waals surface area contributed by atoms with Gasteiger partial charge in [-0.2, -0.15) is 0 Å². The van der Waals surface area contributed by atoms with E-state index in [-0.39, 0.29) is 43.8 Å². The molecule has 0 unspecified atom stereocenters. The summed E-state index contributed by atoms with van der Waals surface area (Å²) in [6.45, 7) is 0. The van der Waals surface area contributed by atoms with Gasteiger partial charge in [0.05, 0.1) is 31.7 Å². The summed E-state index contributed by atoms with van der Waals surface area (Å²) in [6, 6.07) is 9.82. The number of sulfonamides is 1. The molecule has 0 amide bonds. The fourth-order valence-corrected chi connectivity index (χ4v) is 4.23. The second-order valence-electron chi connectivity index (χ2n) is 6.28. The van der Waals surface area contributed by atoms with Gasteiger partial charge >= 0.3 is 6.01 Å². The summed E-state index contributed by atoms with van der Waals surface area (Å²) >= 11 is 17.8. The minimum Gasteiger partial charge on any atom is -0.455 e. The van der Waals surface area contributed by atoms with E-state index in [1.807, 2.05) is 0 Å². The molecule has 4 aromatic rings. The van der Waals surface area contributed by atoms with Gasteiger partial charge in [0.25, 0.3) is 15.9 Å². The molecule has 4 rings (SSSR count). The van der Waals surface area contributed by atoms with Gasteiger partial charge in [-0.1, -0.05) is 39.9 Å². The zero-order valence-corrected chi connectivity index (χ0v) is 18.9. The van der Waals surface area contributed by atoms with Crippen molar-refractivity contribution in [2.24, 2.45) is 0 Å². The molecule has 2 heterocycles. The zero-order valence-electron chi connectivity index (χ0n) is 15.8. The van der Waals surface area contributed by atoms with Gasteiger partial charge in [0.1, 0.15) is 11.5 Å². The number of pyridine rings is 1. The maximum Gasteiger partial charge on any atom is 0.313 e. The quantitative estimate of drug-likeness (QED) is 0.357. The SMILES string of the molecule is Nc1nnc(-c2cc(NS(=O)(=O)c3ccc(Cl)c(Cl)c3)ccc2Oc2cncc(Cl)c2)o1. The summed E-state index contributed by atoms with van der Waals surface area (Å²) in [5.74, 6) is 0.633. The van der Waals surface area contributed by atoms with Crippen molar-refractivity contribution < 1.29 is 17.6 Å². The van der Waals surface area contributed by atoms with Crippen LogP contribution in [0, 0.1) is 0 Å². The molecule has 32 heavy (non-hydrogen) atoms. The lowest BCUT2D eigenvalue weighted by Crippen LogP contribution is -2.13. The third-order valence-corrected chi connectivity index (χ3v) is 6.34. The normalized spacial score (nSPS) is 11.3. The van der Waals surface area contributed by atoms with E-state index in [2.05, 4.69) is 19.9 Å². The van der Waals surface area contributed by atoms with Crippen LogP contribution in [0.3, 0.4) is 0 Å². The molecule has 164 valence electrons. The maximum atomic E-state index is 12.8. The third kappa shape index (κ3) is 4.89. The molecule has 0 fully saturated rings. The van der Waals surface area contributed by atoms with E-state index in [9.17, 15) is 8.42 Å². The zero-order chi connectivity index (χ0) is 22.9. The molecule has 2 aromatic carbocycles. The molecule has 0 radical (unpaired) electrons. The number of rotatable bonds is 6. The summed E-state index contributed by atoms with van der Waals surface area (Å²) < 4.78 is 39.2. The van der Waals surface area contributed by atoms with Gasteiger partial charge in [-0.15, -0.1) is 5.10 Å². The number of ether oxygens (including phenoxy) is 1. The predicted octanol–water partition coefficient (Wildman–Crippen LogP) is 5.27. The van der Waals surface area contributed by atoms with E-state index < -0.39 is 10.0 Å². The fourth-order valence-electron chi connectivity index (χ4n) is 2.63. The number of hydrogen-bond donors (Lipinski definition) is 2. The maximum absolute atomic E-state index is 12.8. The lowest BCUT2D eigenvalue weighted by Gasteiger charge is -2.13. The lowest BCUT2D eigenvalue weighted by molar-refractivity contribution is 0.478. The minimum absolute atomic E-state index is 0.0167. The number of nitrogens with one attached hydrogen (secondary N) is 1. The topological polar surface area (TPSA) is 133 Å². The van der Waals surface area contributed by atoms with Crippen LogP contribution < -0.4 is 15.2 Å². The average molecular weight is 513 g/mol. The largest absolute Gasteiger partial charge is 0.455 e. The number of nitrogens with zero attached hydrogens (tertiary/aromatic N) is 3. The summed E-state index contributed by atoms with van der Waals surface area (Å²) in [5, 5.41) is 8.20. The first kappa shape index (κ1) is 22.2.